The molecule has 1 amide bonds. The van der Waals surface area contributed by atoms with Crippen molar-refractivity contribution in [2.75, 3.05) is 6.61 Å². The lowest BCUT2D eigenvalue weighted by atomic mass is 10.0. The van der Waals surface area contributed by atoms with Crippen LogP contribution in [0.2, 0.25) is 5.02 Å². The Balaban J connectivity index is 1.69. The summed E-state index contributed by atoms with van der Waals surface area (Å²) in [6.07, 6.45) is 2.25. The van der Waals surface area contributed by atoms with Gasteiger partial charge in [0.25, 0.3) is 0 Å². The van der Waals surface area contributed by atoms with Crippen molar-refractivity contribution in [2.24, 2.45) is 0 Å². The van der Waals surface area contributed by atoms with Crippen LogP contribution in [0.4, 0.5) is 0 Å². The third-order valence-corrected chi connectivity index (χ3v) is 4.00. The van der Waals surface area contributed by atoms with E-state index in [1.54, 1.807) is 6.07 Å². The van der Waals surface area contributed by atoms with Crippen LogP contribution in [0.1, 0.15) is 34.6 Å². The predicted octanol–water partition coefficient (Wildman–Crippen LogP) is 2.05. The second kappa shape index (κ2) is 6.52. The van der Waals surface area contributed by atoms with Gasteiger partial charge in [0, 0.05) is 23.2 Å². The molecule has 0 fully saturated rings. The summed E-state index contributed by atoms with van der Waals surface area (Å²) in [6.45, 7) is 2.38. The molecule has 0 spiro atoms. The molecular weight excluding hydrogens is 334 g/mol. The molecule has 0 aliphatic carbocycles. The molecule has 0 radical (unpaired) electrons. The van der Waals surface area contributed by atoms with E-state index in [2.05, 4.69) is 10.4 Å². The van der Waals surface area contributed by atoms with Crippen molar-refractivity contribution >= 4 is 23.5 Å². The lowest BCUT2D eigenvalue weighted by Crippen LogP contribution is -2.30. The first-order chi connectivity index (χ1) is 11.4. The van der Waals surface area contributed by atoms with E-state index in [1.165, 1.54) is 16.9 Å². The number of hydrogen-bond donors (Lipinski definition) is 2. The van der Waals surface area contributed by atoms with Gasteiger partial charge in [0.2, 0.25) is 5.91 Å². The van der Waals surface area contributed by atoms with E-state index in [4.69, 9.17) is 21.4 Å². The molecule has 1 aromatic heterocycles. The van der Waals surface area contributed by atoms with Gasteiger partial charge in [0.15, 0.2) is 5.69 Å². The summed E-state index contributed by atoms with van der Waals surface area (Å²) in [4.78, 5) is 23.0. The maximum Gasteiger partial charge on any atom is 0.356 e. The van der Waals surface area contributed by atoms with E-state index in [0.29, 0.717) is 11.6 Å². The molecule has 7 nitrogen and oxygen atoms in total. The largest absolute Gasteiger partial charge is 0.493 e. The van der Waals surface area contributed by atoms with Crippen LogP contribution >= 0.6 is 11.6 Å². The van der Waals surface area contributed by atoms with Crippen LogP contribution in [0.15, 0.2) is 24.4 Å². The first kappa shape index (κ1) is 16.3. The van der Waals surface area contributed by atoms with Gasteiger partial charge >= 0.3 is 5.97 Å². The SMILES string of the molecule is CC(NC(=O)Cn1ccc(C(=O)O)n1)c1cc(Cl)cc2c1OCC2. The standard InChI is InChI=1S/C16H16ClN3O4/c1-9(12-7-11(17)6-10-3-5-24-15(10)12)18-14(21)8-20-4-2-13(19-20)16(22)23/h2,4,6-7,9H,3,5,8H2,1H3,(H,18,21)(H,22,23). The van der Waals surface area contributed by atoms with Crippen LogP contribution in [-0.2, 0) is 17.8 Å². The summed E-state index contributed by atoms with van der Waals surface area (Å²) in [7, 11) is 0. The number of nitrogens with one attached hydrogen (secondary N) is 1. The third kappa shape index (κ3) is 3.35. The molecule has 8 heteroatoms. The number of carbonyl (C=O) groups excluding carboxylic acids is 1. The minimum Gasteiger partial charge on any atom is -0.493 e. The molecule has 2 aromatic rings. The number of aromatic nitrogens is 2. The molecule has 1 unspecified atom stereocenters. The molecule has 0 bridgehead atoms. The highest BCUT2D eigenvalue weighted by Crippen LogP contribution is 2.36. The Labute approximate surface area is 143 Å². The van der Waals surface area contributed by atoms with Gasteiger partial charge in [0.1, 0.15) is 12.3 Å². The zero-order chi connectivity index (χ0) is 17.3. The van der Waals surface area contributed by atoms with E-state index >= 15 is 0 Å². The van der Waals surface area contributed by atoms with Crippen molar-refractivity contribution in [3.63, 3.8) is 0 Å². The number of carbonyl (C=O) groups is 2. The number of halogens is 1. The molecule has 126 valence electrons. The number of amides is 1. The van der Waals surface area contributed by atoms with Crippen molar-refractivity contribution in [1.82, 2.24) is 15.1 Å². The Hall–Kier alpha value is -2.54. The van der Waals surface area contributed by atoms with Gasteiger partial charge in [-0.05, 0) is 30.7 Å². The number of nitrogens with zero attached hydrogens (tertiary/aromatic N) is 2. The van der Waals surface area contributed by atoms with E-state index in [0.717, 1.165) is 23.3 Å². The smallest absolute Gasteiger partial charge is 0.356 e. The Morgan fingerprint density at radius 1 is 1.50 bits per heavy atom. The van der Waals surface area contributed by atoms with E-state index < -0.39 is 5.97 Å². The summed E-state index contributed by atoms with van der Waals surface area (Å²) in [5.74, 6) is -0.636. The Morgan fingerprint density at radius 3 is 3.00 bits per heavy atom. The number of carboxylic acid groups (broad SMARTS) is 1. The highest BCUT2D eigenvalue weighted by atomic mass is 35.5. The third-order valence-electron chi connectivity index (χ3n) is 3.79. The van der Waals surface area contributed by atoms with Gasteiger partial charge in [-0.1, -0.05) is 11.6 Å². The van der Waals surface area contributed by atoms with Crippen molar-refractivity contribution in [3.05, 3.63) is 46.2 Å². The number of benzene rings is 1. The number of carboxylic acids is 1. The lowest BCUT2D eigenvalue weighted by molar-refractivity contribution is -0.122. The van der Waals surface area contributed by atoms with E-state index in [1.807, 2.05) is 13.0 Å². The fourth-order valence-corrected chi connectivity index (χ4v) is 2.94. The Morgan fingerprint density at radius 2 is 2.29 bits per heavy atom. The molecule has 1 aromatic carbocycles. The Bertz CT molecular complexity index is 803. The van der Waals surface area contributed by atoms with Gasteiger partial charge in [-0.3, -0.25) is 9.48 Å². The number of aromatic carboxylic acids is 1. The van der Waals surface area contributed by atoms with Crippen molar-refractivity contribution in [1.29, 1.82) is 0 Å². The molecular formula is C16H16ClN3O4. The fourth-order valence-electron chi connectivity index (χ4n) is 2.70. The van der Waals surface area contributed by atoms with E-state index in [-0.39, 0.29) is 24.2 Å². The zero-order valence-electron chi connectivity index (χ0n) is 13.0. The highest BCUT2D eigenvalue weighted by Gasteiger charge is 2.22. The minimum atomic E-state index is -1.13. The quantitative estimate of drug-likeness (QED) is 0.861. The van der Waals surface area contributed by atoms with Gasteiger partial charge in [0.05, 0.1) is 12.6 Å². The van der Waals surface area contributed by atoms with Crippen molar-refractivity contribution in [2.45, 2.75) is 25.9 Å². The molecule has 1 aliphatic heterocycles. The molecule has 1 atom stereocenters. The lowest BCUT2D eigenvalue weighted by Gasteiger charge is -2.17. The average Bonchev–Trinajstić information content (AvgIpc) is 3.14. The molecule has 24 heavy (non-hydrogen) atoms. The maximum absolute atomic E-state index is 12.2. The van der Waals surface area contributed by atoms with Gasteiger partial charge < -0.3 is 15.2 Å². The van der Waals surface area contributed by atoms with Gasteiger partial charge in [-0.25, -0.2) is 4.79 Å². The summed E-state index contributed by atoms with van der Waals surface area (Å²) < 4.78 is 6.92. The number of rotatable bonds is 5. The molecule has 3 rings (SSSR count). The fraction of sp³-hybridized carbons (Fsp3) is 0.312. The van der Waals surface area contributed by atoms with Crippen molar-refractivity contribution < 1.29 is 19.4 Å². The van der Waals surface area contributed by atoms with Crippen LogP contribution in [0.5, 0.6) is 5.75 Å². The zero-order valence-corrected chi connectivity index (χ0v) is 13.7. The first-order valence-electron chi connectivity index (χ1n) is 7.45. The van der Waals surface area contributed by atoms with Crippen LogP contribution in [0, 0.1) is 0 Å². The van der Waals surface area contributed by atoms with Gasteiger partial charge in [-0.15, -0.1) is 0 Å². The van der Waals surface area contributed by atoms with Crippen molar-refractivity contribution in [3.8, 4) is 5.75 Å². The summed E-state index contributed by atoms with van der Waals surface area (Å²) in [5, 5.41) is 16.1. The summed E-state index contributed by atoms with van der Waals surface area (Å²) in [5.41, 5.74) is 1.77. The van der Waals surface area contributed by atoms with Crippen LogP contribution < -0.4 is 10.1 Å². The maximum atomic E-state index is 12.2. The van der Waals surface area contributed by atoms with Crippen LogP contribution in [0.3, 0.4) is 0 Å². The minimum absolute atomic E-state index is 0.0682. The van der Waals surface area contributed by atoms with E-state index in [9.17, 15) is 9.59 Å². The van der Waals surface area contributed by atoms with Crippen LogP contribution in [0.25, 0.3) is 0 Å². The molecule has 2 heterocycles. The molecule has 0 saturated heterocycles. The topological polar surface area (TPSA) is 93.5 Å². The predicted molar refractivity (Wildman–Crippen MR) is 86.4 cm³/mol. The first-order valence-corrected chi connectivity index (χ1v) is 7.83. The van der Waals surface area contributed by atoms with Crippen LogP contribution in [-0.4, -0.2) is 33.4 Å². The number of ether oxygens (including phenoxy) is 1. The molecule has 2 N–H and O–H groups in total. The second-order valence-corrected chi connectivity index (χ2v) is 6.01. The number of hydrogen-bond acceptors (Lipinski definition) is 4. The highest BCUT2D eigenvalue weighted by molar-refractivity contribution is 6.30. The number of fused-ring (bicyclic) bond motifs is 1. The summed E-state index contributed by atoms with van der Waals surface area (Å²) >= 11 is 6.13. The summed E-state index contributed by atoms with van der Waals surface area (Å²) in [6, 6.07) is 4.71. The second-order valence-electron chi connectivity index (χ2n) is 5.57. The monoisotopic (exact) mass is 349 g/mol. The average molecular weight is 350 g/mol. The van der Waals surface area contributed by atoms with Gasteiger partial charge in [-0.2, -0.15) is 5.10 Å². The molecule has 0 saturated carbocycles. The Kier molecular flexibility index (Phi) is 4.44. The normalized spacial score (nSPS) is 13.9. The molecule has 1 aliphatic rings.